The Labute approximate surface area is 163 Å². The van der Waals surface area contributed by atoms with Crippen LogP contribution in [-0.4, -0.2) is 44.4 Å². The predicted octanol–water partition coefficient (Wildman–Crippen LogP) is 3.74. The van der Waals surface area contributed by atoms with Crippen molar-refractivity contribution in [1.29, 1.82) is 0 Å². The van der Waals surface area contributed by atoms with Gasteiger partial charge in [0, 0.05) is 24.6 Å². The molecule has 3 heterocycles. The number of aromatic nitrogens is 4. The Balaban J connectivity index is 1.45. The number of aryl methyl sites for hydroxylation is 2. The van der Waals surface area contributed by atoms with Crippen molar-refractivity contribution >= 4 is 11.7 Å². The van der Waals surface area contributed by atoms with Gasteiger partial charge in [0.1, 0.15) is 17.2 Å². The Kier molecular flexibility index (Phi) is 5.10. The zero-order valence-corrected chi connectivity index (χ0v) is 16.1. The molecule has 146 valence electrons. The summed E-state index contributed by atoms with van der Waals surface area (Å²) in [6.45, 7) is 5.10. The summed E-state index contributed by atoms with van der Waals surface area (Å²) in [5.41, 5.74) is 2.42. The molecule has 2 amide bonds. The normalized spacial score (nSPS) is 16.9. The molecule has 0 spiro atoms. The Morgan fingerprint density at radius 2 is 2.18 bits per heavy atom. The number of hydrogen-bond acceptors (Lipinski definition) is 5. The molecule has 1 unspecified atom stereocenters. The molecule has 1 aromatic carbocycles. The second kappa shape index (κ2) is 7.84. The molecule has 1 aliphatic rings. The van der Waals surface area contributed by atoms with Gasteiger partial charge in [-0.15, -0.1) is 0 Å². The summed E-state index contributed by atoms with van der Waals surface area (Å²) in [5, 5.41) is 14.4. The Morgan fingerprint density at radius 1 is 1.36 bits per heavy atom. The Morgan fingerprint density at radius 3 is 2.96 bits per heavy atom. The number of amides is 2. The van der Waals surface area contributed by atoms with Crippen LogP contribution in [0.25, 0.3) is 11.4 Å². The van der Waals surface area contributed by atoms with Crippen LogP contribution in [0.15, 0.2) is 34.9 Å². The minimum atomic E-state index is -0.131. The van der Waals surface area contributed by atoms with E-state index in [1.54, 1.807) is 6.92 Å². The van der Waals surface area contributed by atoms with Crippen LogP contribution in [0.5, 0.6) is 0 Å². The first-order valence-corrected chi connectivity index (χ1v) is 9.64. The van der Waals surface area contributed by atoms with Gasteiger partial charge in [0.25, 0.3) is 0 Å². The van der Waals surface area contributed by atoms with E-state index in [1.165, 1.54) is 0 Å². The van der Waals surface area contributed by atoms with Crippen LogP contribution < -0.4 is 5.32 Å². The van der Waals surface area contributed by atoms with Crippen LogP contribution >= 0.6 is 0 Å². The molecule has 1 fully saturated rings. The summed E-state index contributed by atoms with van der Waals surface area (Å²) >= 11 is 0. The third-order valence-electron chi connectivity index (χ3n) is 5.13. The van der Waals surface area contributed by atoms with Crippen molar-refractivity contribution in [2.24, 2.45) is 0 Å². The average Bonchev–Trinajstić information content (AvgIpc) is 3.36. The quantitative estimate of drug-likeness (QED) is 0.718. The molecular weight excluding hydrogens is 356 g/mol. The van der Waals surface area contributed by atoms with Crippen LogP contribution in [0.1, 0.15) is 43.0 Å². The number of likely N-dealkylation sites (tertiary alicyclic amines) is 1. The standard InChI is InChI=1S/C20H24N6O2/c1-3-16-17(13(2)28-25-16)21-20(27)26-11-7-10-15(12-26)19-22-18(23-24-19)14-8-5-4-6-9-14/h4-6,8-9,15H,3,7,10-12H2,1-2H3,(H,21,27)(H,22,23,24). The number of nitrogens with one attached hydrogen (secondary N) is 2. The summed E-state index contributed by atoms with van der Waals surface area (Å²) in [6, 6.07) is 9.74. The number of H-pyrrole nitrogens is 1. The number of carbonyl (C=O) groups is 1. The topological polar surface area (TPSA) is 99.9 Å². The average molecular weight is 380 g/mol. The second-order valence-corrected chi connectivity index (χ2v) is 7.04. The summed E-state index contributed by atoms with van der Waals surface area (Å²) in [7, 11) is 0. The molecule has 3 aromatic rings. The Bertz CT molecular complexity index is 949. The van der Waals surface area contributed by atoms with Gasteiger partial charge in [-0.3, -0.25) is 5.10 Å². The van der Waals surface area contributed by atoms with Gasteiger partial charge in [-0.25, -0.2) is 9.78 Å². The van der Waals surface area contributed by atoms with E-state index in [0.717, 1.165) is 29.9 Å². The molecule has 28 heavy (non-hydrogen) atoms. The number of piperidine rings is 1. The highest BCUT2D eigenvalue weighted by atomic mass is 16.5. The van der Waals surface area contributed by atoms with E-state index in [1.807, 2.05) is 42.2 Å². The van der Waals surface area contributed by atoms with Gasteiger partial charge in [-0.05, 0) is 26.2 Å². The summed E-state index contributed by atoms with van der Waals surface area (Å²) in [4.78, 5) is 19.3. The van der Waals surface area contributed by atoms with Crippen molar-refractivity contribution in [2.75, 3.05) is 18.4 Å². The fourth-order valence-corrected chi connectivity index (χ4v) is 3.56. The van der Waals surface area contributed by atoms with Crippen LogP contribution in [0.3, 0.4) is 0 Å². The highest BCUT2D eigenvalue weighted by Gasteiger charge is 2.28. The third-order valence-corrected chi connectivity index (χ3v) is 5.13. The van der Waals surface area contributed by atoms with Gasteiger partial charge in [-0.1, -0.05) is 42.4 Å². The number of aromatic amines is 1. The number of benzene rings is 1. The molecule has 0 radical (unpaired) electrons. The van der Waals surface area contributed by atoms with Gasteiger partial charge in [0.15, 0.2) is 11.6 Å². The van der Waals surface area contributed by atoms with Crippen molar-refractivity contribution in [2.45, 2.75) is 39.0 Å². The van der Waals surface area contributed by atoms with E-state index in [9.17, 15) is 4.79 Å². The van der Waals surface area contributed by atoms with Gasteiger partial charge < -0.3 is 14.7 Å². The largest absolute Gasteiger partial charge is 0.359 e. The number of hydrogen-bond donors (Lipinski definition) is 2. The first-order chi connectivity index (χ1) is 13.7. The van der Waals surface area contributed by atoms with Crippen molar-refractivity contribution in [1.82, 2.24) is 25.2 Å². The van der Waals surface area contributed by atoms with E-state index in [2.05, 4.69) is 25.7 Å². The minimum absolute atomic E-state index is 0.131. The smallest absolute Gasteiger partial charge is 0.322 e. The fourth-order valence-electron chi connectivity index (χ4n) is 3.56. The molecule has 1 saturated heterocycles. The molecular formula is C20H24N6O2. The SMILES string of the molecule is CCc1noc(C)c1NC(=O)N1CCCC(c2nc(-c3ccccc3)n[nH]2)C1. The van der Waals surface area contributed by atoms with Gasteiger partial charge in [-0.2, -0.15) is 5.10 Å². The molecule has 8 heteroatoms. The van der Waals surface area contributed by atoms with Crippen LogP contribution in [0, 0.1) is 6.92 Å². The predicted molar refractivity (Wildman–Crippen MR) is 105 cm³/mol. The third kappa shape index (κ3) is 3.62. The second-order valence-electron chi connectivity index (χ2n) is 7.04. The first kappa shape index (κ1) is 18.2. The molecule has 8 nitrogen and oxygen atoms in total. The number of urea groups is 1. The van der Waals surface area contributed by atoms with Crippen molar-refractivity contribution < 1.29 is 9.32 Å². The number of carbonyl (C=O) groups excluding carboxylic acids is 1. The van der Waals surface area contributed by atoms with E-state index in [-0.39, 0.29) is 11.9 Å². The number of nitrogens with zero attached hydrogens (tertiary/aromatic N) is 4. The first-order valence-electron chi connectivity index (χ1n) is 9.64. The number of anilines is 1. The van der Waals surface area contributed by atoms with Gasteiger partial charge >= 0.3 is 6.03 Å². The molecule has 0 bridgehead atoms. The molecule has 1 atom stereocenters. The highest BCUT2D eigenvalue weighted by Crippen LogP contribution is 2.27. The van der Waals surface area contributed by atoms with Crippen LogP contribution in [0.4, 0.5) is 10.5 Å². The number of rotatable bonds is 4. The maximum atomic E-state index is 12.8. The maximum absolute atomic E-state index is 12.8. The maximum Gasteiger partial charge on any atom is 0.322 e. The lowest BCUT2D eigenvalue weighted by molar-refractivity contribution is 0.191. The van der Waals surface area contributed by atoms with Gasteiger partial charge in [0.05, 0.1) is 0 Å². The fraction of sp³-hybridized carbons (Fsp3) is 0.400. The monoisotopic (exact) mass is 380 g/mol. The zero-order chi connectivity index (χ0) is 19.5. The van der Waals surface area contributed by atoms with E-state index >= 15 is 0 Å². The molecule has 2 aromatic heterocycles. The molecule has 2 N–H and O–H groups in total. The molecule has 0 aliphatic carbocycles. The van der Waals surface area contributed by atoms with Crippen molar-refractivity contribution in [3.8, 4) is 11.4 Å². The van der Waals surface area contributed by atoms with E-state index < -0.39 is 0 Å². The highest BCUT2D eigenvalue weighted by molar-refractivity contribution is 5.90. The summed E-state index contributed by atoms with van der Waals surface area (Å²) < 4.78 is 5.20. The lowest BCUT2D eigenvalue weighted by atomic mass is 9.97. The Hall–Kier alpha value is -3.16. The van der Waals surface area contributed by atoms with E-state index in [0.29, 0.717) is 36.8 Å². The molecule has 1 aliphatic heterocycles. The van der Waals surface area contributed by atoms with Gasteiger partial charge in [0.2, 0.25) is 0 Å². The van der Waals surface area contributed by atoms with Crippen molar-refractivity contribution in [3.05, 3.63) is 47.6 Å². The lowest BCUT2D eigenvalue weighted by Gasteiger charge is -2.31. The molecule has 4 rings (SSSR count). The van der Waals surface area contributed by atoms with Crippen LogP contribution in [0.2, 0.25) is 0 Å². The van der Waals surface area contributed by atoms with E-state index in [4.69, 9.17) is 4.52 Å². The minimum Gasteiger partial charge on any atom is -0.359 e. The summed E-state index contributed by atoms with van der Waals surface area (Å²) in [6.07, 6.45) is 2.60. The van der Waals surface area contributed by atoms with Crippen LogP contribution in [-0.2, 0) is 6.42 Å². The summed E-state index contributed by atoms with van der Waals surface area (Å²) in [5.74, 6) is 2.27. The zero-order valence-electron chi connectivity index (χ0n) is 16.1. The molecule has 0 saturated carbocycles. The van der Waals surface area contributed by atoms with Crippen molar-refractivity contribution in [3.63, 3.8) is 0 Å². The lowest BCUT2D eigenvalue weighted by Crippen LogP contribution is -2.42.